The highest BCUT2D eigenvalue weighted by atomic mass is 35.5. The van der Waals surface area contributed by atoms with Gasteiger partial charge in [-0.05, 0) is 40.8 Å². The Morgan fingerprint density at radius 1 is 1.30 bits per heavy atom. The minimum atomic E-state index is 0.284. The molecule has 62 valence electrons. The first-order valence-electron chi connectivity index (χ1n) is 3.75. The first-order valence-corrected chi connectivity index (χ1v) is 4.29. The van der Waals surface area contributed by atoms with Crippen molar-refractivity contribution in [2.24, 2.45) is 0 Å². The zero-order valence-corrected chi connectivity index (χ0v) is 8.20. The summed E-state index contributed by atoms with van der Waals surface area (Å²) in [5.74, 6) is 0.764. The normalized spacial score (nSPS) is 12.6. The van der Waals surface area contributed by atoms with Crippen LogP contribution >= 0.6 is 11.6 Å². The van der Waals surface area contributed by atoms with Gasteiger partial charge in [0, 0.05) is 11.4 Å². The van der Waals surface area contributed by atoms with Crippen LogP contribution in [0, 0.1) is 0 Å². The van der Waals surface area contributed by atoms with Crippen LogP contribution < -0.4 is 0 Å². The van der Waals surface area contributed by atoms with Crippen LogP contribution in [0.3, 0.4) is 0 Å². The van der Waals surface area contributed by atoms with Gasteiger partial charge in [0.15, 0.2) is 0 Å². The maximum atomic E-state index is 5.57. The van der Waals surface area contributed by atoms with E-state index in [0.29, 0.717) is 0 Å². The Balaban J connectivity index is 3.52. The summed E-state index contributed by atoms with van der Waals surface area (Å²) in [5, 5.41) is 0. The summed E-state index contributed by atoms with van der Waals surface area (Å²) >= 11 is 5.57. The Labute approximate surface area is 69.4 Å². The van der Waals surface area contributed by atoms with Crippen molar-refractivity contribution in [1.29, 1.82) is 0 Å². The van der Waals surface area contributed by atoms with Crippen molar-refractivity contribution < 1.29 is 0 Å². The quantitative estimate of drug-likeness (QED) is 0.578. The molecule has 0 heterocycles. The van der Waals surface area contributed by atoms with Gasteiger partial charge in [0.1, 0.15) is 0 Å². The number of rotatable bonds is 3. The lowest BCUT2D eigenvalue weighted by Crippen LogP contribution is -2.38. The fourth-order valence-corrected chi connectivity index (χ4v) is 0.752. The van der Waals surface area contributed by atoms with E-state index in [-0.39, 0.29) is 5.54 Å². The van der Waals surface area contributed by atoms with Crippen LogP contribution in [0.15, 0.2) is 0 Å². The van der Waals surface area contributed by atoms with E-state index in [4.69, 9.17) is 11.6 Å². The van der Waals surface area contributed by atoms with Crippen molar-refractivity contribution in [2.75, 3.05) is 19.5 Å². The molecular weight excluding hydrogens is 146 g/mol. The molecule has 0 saturated carbocycles. The molecule has 0 atom stereocenters. The van der Waals surface area contributed by atoms with Crippen molar-refractivity contribution in [3.8, 4) is 0 Å². The van der Waals surface area contributed by atoms with Crippen LogP contribution in [-0.2, 0) is 0 Å². The summed E-state index contributed by atoms with van der Waals surface area (Å²) in [6.07, 6.45) is 1.08. The third kappa shape index (κ3) is 4.13. The maximum Gasteiger partial charge on any atom is 0.0235 e. The molecule has 0 radical (unpaired) electrons. The largest absolute Gasteiger partial charge is 0.301 e. The highest BCUT2D eigenvalue weighted by molar-refractivity contribution is 6.17. The molecule has 0 N–H and O–H groups in total. The predicted molar refractivity (Wildman–Crippen MR) is 47.7 cm³/mol. The van der Waals surface area contributed by atoms with Gasteiger partial charge in [-0.25, -0.2) is 0 Å². The van der Waals surface area contributed by atoms with Gasteiger partial charge >= 0.3 is 0 Å². The third-order valence-electron chi connectivity index (χ3n) is 1.77. The summed E-state index contributed by atoms with van der Waals surface area (Å²) in [6.45, 7) is 7.72. The average molecular weight is 164 g/mol. The van der Waals surface area contributed by atoms with Gasteiger partial charge in [-0.15, -0.1) is 11.6 Å². The highest BCUT2D eigenvalue weighted by Gasteiger charge is 2.15. The Kier molecular flexibility index (Phi) is 4.30. The van der Waals surface area contributed by atoms with E-state index in [2.05, 4.69) is 32.7 Å². The SMILES string of the molecule is CN(CCCCl)C(C)(C)C. The van der Waals surface area contributed by atoms with Gasteiger partial charge in [0.05, 0.1) is 0 Å². The van der Waals surface area contributed by atoms with Crippen LogP contribution in [0.25, 0.3) is 0 Å². The van der Waals surface area contributed by atoms with E-state index in [1.54, 1.807) is 0 Å². The minimum Gasteiger partial charge on any atom is -0.301 e. The van der Waals surface area contributed by atoms with E-state index < -0.39 is 0 Å². The summed E-state index contributed by atoms with van der Waals surface area (Å²) in [4.78, 5) is 2.31. The second-order valence-corrected chi connectivity index (χ2v) is 4.01. The predicted octanol–water partition coefficient (Wildman–Crippen LogP) is 2.35. The lowest BCUT2D eigenvalue weighted by molar-refractivity contribution is 0.176. The molecule has 1 nitrogen and oxygen atoms in total. The molecule has 0 saturated heterocycles. The summed E-state index contributed by atoms with van der Waals surface area (Å²) in [6, 6.07) is 0. The van der Waals surface area contributed by atoms with Gasteiger partial charge < -0.3 is 4.90 Å². The molecule has 0 bridgehead atoms. The molecule has 0 unspecified atom stereocenters. The summed E-state index contributed by atoms with van der Waals surface area (Å²) in [7, 11) is 2.13. The molecule has 0 aliphatic carbocycles. The molecular formula is C8H18ClN. The van der Waals surface area contributed by atoms with Crippen molar-refractivity contribution in [3.63, 3.8) is 0 Å². The van der Waals surface area contributed by atoms with Crippen LogP contribution in [0.2, 0.25) is 0 Å². The second kappa shape index (κ2) is 4.20. The zero-order valence-electron chi connectivity index (χ0n) is 7.45. The molecule has 0 aromatic carbocycles. The van der Waals surface area contributed by atoms with Crippen LogP contribution in [-0.4, -0.2) is 29.9 Å². The molecule has 10 heavy (non-hydrogen) atoms. The molecule has 0 aromatic rings. The lowest BCUT2D eigenvalue weighted by atomic mass is 10.1. The number of hydrogen-bond acceptors (Lipinski definition) is 1. The molecule has 0 aromatic heterocycles. The molecule has 0 aliphatic rings. The molecule has 0 spiro atoms. The Morgan fingerprint density at radius 2 is 1.80 bits per heavy atom. The van der Waals surface area contributed by atoms with E-state index in [1.807, 2.05) is 0 Å². The summed E-state index contributed by atoms with van der Waals surface area (Å²) < 4.78 is 0. The fourth-order valence-electron chi connectivity index (χ4n) is 0.632. The highest BCUT2D eigenvalue weighted by Crippen LogP contribution is 2.10. The van der Waals surface area contributed by atoms with E-state index in [0.717, 1.165) is 18.8 Å². The monoisotopic (exact) mass is 163 g/mol. The van der Waals surface area contributed by atoms with Crippen molar-refractivity contribution in [2.45, 2.75) is 32.7 Å². The van der Waals surface area contributed by atoms with Gasteiger partial charge in [-0.2, -0.15) is 0 Å². The zero-order chi connectivity index (χ0) is 8.20. The maximum absolute atomic E-state index is 5.57. The molecule has 0 fully saturated rings. The molecule has 0 rings (SSSR count). The van der Waals surface area contributed by atoms with Gasteiger partial charge in [-0.3, -0.25) is 0 Å². The van der Waals surface area contributed by atoms with E-state index in [9.17, 15) is 0 Å². The number of nitrogens with zero attached hydrogens (tertiary/aromatic N) is 1. The molecule has 2 heteroatoms. The van der Waals surface area contributed by atoms with Crippen LogP contribution in [0.1, 0.15) is 27.2 Å². The standard InChI is InChI=1S/C8H18ClN/c1-8(2,3)10(4)7-5-6-9/h5-7H2,1-4H3. The van der Waals surface area contributed by atoms with Crippen molar-refractivity contribution >= 4 is 11.6 Å². The Morgan fingerprint density at radius 3 is 2.10 bits per heavy atom. The first kappa shape index (κ1) is 10.2. The van der Waals surface area contributed by atoms with E-state index >= 15 is 0 Å². The minimum absolute atomic E-state index is 0.284. The van der Waals surface area contributed by atoms with E-state index in [1.165, 1.54) is 0 Å². The second-order valence-electron chi connectivity index (χ2n) is 3.63. The number of hydrogen-bond donors (Lipinski definition) is 0. The van der Waals surface area contributed by atoms with Crippen molar-refractivity contribution in [1.82, 2.24) is 4.90 Å². The van der Waals surface area contributed by atoms with Crippen LogP contribution in [0.4, 0.5) is 0 Å². The lowest BCUT2D eigenvalue weighted by Gasteiger charge is -2.31. The third-order valence-corrected chi connectivity index (χ3v) is 2.04. The van der Waals surface area contributed by atoms with Gasteiger partial charge in [0.2, 0.25) is 0 Å². The number of halogens is 1. The average Bonchev–Trinajstić information content (AvgIpc) is 1.80. The van der Waals surface area contributed by atoms with Crippen LogP contribution in [0.5, 0.6) is 0 Å². The number of alkyl halides is 1. The topological polar surface area (TPSA) is 3.24 Å². The Hall–Kier alpha value is 0.250. The van der Waals surface area contributed by atoms with Gasteiger partial charge in [0.25, 0.3) is 0 Å². The molecule has 0 aliphatic heterocycles. The molecule has 0 amide bonds. The first-order chi connectivity index (χ1) is 4.48. The Bertz CT molecular complexity index is 85.7. The van der Waals surface area contributed by atoms with Crippen molar-refractivity contribution in [3.05, 3.63) is 0 Å². The smallest absolute Gasteiger partial charge is 0.0235 e. The summed E-state index contributed by atoms with van der Waals surface area (Å²) in [5.41, 5.74) is 0.284. The van der Waals surface area contributed by atoms with Gasteiger partial charge in [-0.1, -0.05) is 0 Å². The fraction of sp³-hybridized carbons (Fsp3) is 1.00.